The van der Waals surface area contributed by atoms with Crippen molar-refractivity contribution in [3.05, 3.63) is 100 Å². The van der Waals surface area contributed by atoms with Gasteiger partial charge in [0.15, 0.2) is 0 Å². The lowest BCUT2D eigenvalue weighted by Gasteiger charge is -2.32. The Morgan fingerprint density at radius 3 is 2.30 bits per heavy atom. The maximum absolute atomic E-state index is 13.0. The summed E-state index contributed by atoms with van der Waals surface area (Å²) in [6, 6.07) is 21.8. The van der Waals surface area contributed by atoms with E-state index in [1.54, 1.807) is 0 Å². The minimum absolute atomic E-state index is 0.0966. The summed E-state index contributed by atoms with van der Waals surface area (Å²) in [7, 11) is 0. The van der Waals surface area contributed by atoms with Crippen molar-refractivity contribution in [2.45, 2.75) is 45.6 Å². The topological polar surface area (TPSA) is 62.3 Å². The minimum Gasteiger partial charge on any atom is -0.348 e. The van der Waals surface area contributed by atoms with Gasteiger partial charge >= 0.3 is 0 Å². The van der Waals surface area contributed by atoms with Crippen LogP contribution in [0, 0.1) is 13.8 Å². The van der Waals surface area contributed by atoms with Gasteiger partial charge in [-0.05, 0) is 49.9 Å². The molecule has 0 spiro atoms. The Labute approximate surface area is 195 Å². The second-order valence-electron chi connectivity index (χ2n) is 8.87. The van der Waals surface area contributed by atoms with Gasteiger partial charge in [0.1, 0.15) is 0 Å². The van der Waals surface area contributed by atoms with E-state index in [1.165, 1.54) is 5.56 Å². The monoisotopic (exact) mass is 441 g/mol. The molecule has 0 aliphatic carbocycles. The number of amides is 2. The van der Waals surface area contributed by atoms with Gasteiger partial charge in [0, 0.05) is 31.2 Å². The van der Waals surface area contributed by atoms with Gasteiger partial charge in [0.25, 0.3) is 5.91 Å². The van der Waals surface area contributed by atoms with Crippen LogP contribution in [0.1, 0.15) is 57.2 Å². The minimum atomic E-state index is -0.0966. The van der Waals surface area contributed by atoms with E-state index in [1.807, 2.05) is 85.5 Å². The lowest BCUT2D eigenvalue weighted by atomic mass is 9.89. The second-order valence-corrected chi connectivity index (χ2v) is 8.87. The van der Waals surface area contributed by atoms with Crippen LogP contribution < -0.4 is 5.32 Å². The van der Waals surface area contributed by atoms with Crippen LogP contribution in [-0.4, -0.2) is 34.8 Å². The van der Waals surface area contributed by atoms with Crippen LogP contribution in [0.3, 0.4) is 0 Å². The molecular weight excluding hydrogens is 410 g/mol. The van der Waals surface area contributed by atoms with Gasteiger partial charge in [-0.1, -0.05) is 60.2 Å². The third-order valence-corrected chi connectivity index (χ3v) is 6.31. The highest BCUT2D eigenvalue weighted by molar-refractivity contribution is 5.95. The van der Waals surface area contributed by atoms with Gasteiger partial charge < -0.3 is 10.2 Å². The van der Waals surface area contributed by atoms with Gasteiger partial charge in [-0.25, -0.2) is 0 Å². The molecular formula is C28H31N3O2. The van der Waals surface area contributed by atoms with E-state index in [0.717, 1.165) is 35.4 Å². The largest absolute Gasteiger partial charge is 0.348 e. The highest BCUT2D eigenvalue weighted by Gasteiger charge is 2.28. The highest BCUT2D eigenvalue weighted by atomic mass is 16.2. The third kappa shape index (κ3) is 5.86. The lowest BCUT2D eigenvalue weighted by Crippen LogP contribution is -2.39. The zero-order chi connectivity index (χ0) is 23.2. The normalized spacial score (nSPS) is 14.2. The van der Waals surface area contributed by atoms with Gasteiger partial charge in [-0.3, -0.25) is 14.6 Å². The van der Waals surface area contributed by atoms with Gasteiger partial charge in [-0.15, -0.1) is 0 Å². The van der Waals surface area contributed by atoms with Crippen molar-refractivity contribution in [2.24, 2.45) is 0 Å². The molecule has 0 atom stereocenters. The number of carbonyl (C=O) groups excluding carboxylic acids is 2. The fraction of sp³-hybridized carbons (Fsp3) is 0.321. The Balaban J connectivity index is 1.39. The number of aryl methyl sites for hydroxylation is 2. The average molecular weight is 442 g/mol. The summed E-state index contributed by atoms with van der Waals surface area (Å²) in [5.74, 6) is 0.236. The fourth-order valence-corrected chi connectivity index (χ4v) is 4.35. The molecule has 1 aliphatic rings. The van der Waals surface area contributed by atoms with Crippen molar-refractivity contribution in [1.82, 2.24) is 15.2 Å². The molecule has 0 bridgehead atoms. The molecule has 5 heteroatoms. The van der Waals surface area contributed by atoms with Crippen LogP contribution in [0.25, 0.3) is 0 Å². The fourth-order valence-electron chi connectivity index (χ4n) is 4.35. The molecule has 1 N–H and O–H groups in total. The maximum Gasteiger partial charge on any atom is 0.253 e. The number of piperidine rings is 1. The van der Waals surface area contributed by atoms with Gasteiger partial charge in [0.05, 0.1) is 17.7 Å². The zero-order valence-electron chi connectivity index (χ0n) is 19.4. The molecule has 3 aromatic rings. The predicted octanol–water partition coefficient (Wildman–Crippen LogP) is 4.58. The summed E-state index contributed by atoms with van der Waals surface area (Å²) in [6.45, 7) is 5.87. The van der Waals surface area contributed by atoms with E-state index >= 15 is 0 Å². The molecule has 2 heterocycles. The van der Waals surface area contributed by atoms with Gasteiger partial charge in [-0.2, -0.15) is 0 Å². The average Bonchev–Trinajstić information content (AvgIpc) is 2.84. The molecule has 170 valence electrons. The van der Waals surface area contributed by atoms with Crippen molar-refractivity contribution in [3.8, 4) is 0 Å². The van der Waals surface area contributed by atoms with E-state index in [4.69, 9.17) is 4.98 Å². The molecule has 2 aromatic carbocycles. The Kier molecular flexibility index (Phi) is 7.18. The maximum atomic E-state index is 13.0. The summed E-state index contributed by atoms with van der Waals surface area (Å²) >= 11 is 0. The summed E-state index contributed by atoms with van der Waals surface area (Å²) < 4.78 is 0. The first-order valence-electron chi connectivity index (χ1n) is 11.6. The van der Waals surface area contributed by atoms with E-state index in [0.29, 0.717) is 31.6 Å². The van der Waals surface area contributed by atoms with Crippen LogP contribution in [-0.2, 0) is 17.8 Å². The van der Waals surface area contributed by atoms with Crippen molar-refractivity contribution < 1.29 is 9.59 Å². The molecule has 0 saturated carbocycles. The number of hydrogen-bond acceptors (Lipinski definition) is 3. The van der Waals surface area contributed by atoms with Crippen LogP contribution >= 0.6 is 0 Å². The number of nitrogens with one attached hydrogen (secondary N) is 1. The first-order valence-corrected chi connectivity index (χ1v) is 11.6. The number of rotatable bonds is 6. The molecule has 0 radical (unpaired) electrons. The van der Waals surface area contributed by atoms with Crippen LogP contribution in [0.15, 0.2) is 66.7 Å². The molecule has 33 heavy (non-hydrogen) atoms. The Hall–Kier alpha value is -3.47. The SMILES string of the molecule is Cc1ccc(CNC(=O)c2ccc(C)nc2C2CCN(C(=O)Cc3ccccc3)CC2)cc1. The van der Waals surface area contributed by atoms with E-state index in [2.05, 4.69) is 5.32 Å². The van der Waals surface area contributed by atoms with Crippen molar-refractivity contribution in [1.29, 1.82) is 0 Å². The van der Waals surface area contributed by atoms with Crippen LogP contribution in [0.4, 0.5) is 0 Å². The van der Waals surface area contributed by atoms with E-state index in [-0.39, 0.29) is 17.7 Å². The standard InChI is InChI=1S/C28H31N3O2/c1-20-8-11-23(12-9-20)19-29-28(33)25-13-10-21(2)30-27(25)24-14-16-31(17-15-24)26(32)18-22-6-4-3-5-7-22/h3-13,24H,14-19H2,1-2H3,(H,29,33). The molecule has 4 rings (SSSR count). The van der Waals surface area contributed by atoms with Crippen molar-refractivity contribution in [3.63, 3.8) is 0 Å². The van der Waals surface area contributed by atoms with Crippen LogP contribution in [0.2, 0.25) is 0 Å². The Morgan fingerprint density at radius 2 is 1.61 bits per heavy atom. The van der Waals surface area contributed by atoms with Crippen LogP contribution in [0.5, 0.6) is 0 Å². The lowest BCUT2D eigenvalue weighted by molar-refractivity contribution is -0.131. The number of aromatic nitrogens is 1. The number of benzene rings is 2. The number of pyridine rings is 1. The molecule has 0 unspecified atom stereocenters. The molecule has 1 aromatic heterocycles. The number of nitrogens with zero attached hydrogens (tertiary/aromatic N) is 2. The zero-order valence-corrected chi connectivity index (χ0v) is 19.4. The molecule has 1 saturated heterocycles. The molecule has 2 amide bonds. The number of likely N-dealkylation sites (tertiary alicyclic amines) is 1. The van der Waals surface area contributed by atoms with E-state index in [9.17, 15) is 9.59 Å². The van der Waals surface area contributed by atoms with Crippen molar-refractivity contribution in [2.75, 3.05) is 13.1 Å². The highest BCUT2D eigenvalue weighted by Crippen LogP contribution is 2.30. The van der Waals surface area contributed by atoms with Crippen molar-refractivity contribution >= 4 is 11.8 Å². The summed E-state index contributed by atoms with van der Waals surface area (Å²) in [5.41, 5.74) is 5.71. The third-order valence-electron chi connectivity index (χ3n) is 6.31. The smallest absolute Gasteiger partial charge is 0.253 e. The van der Waals surface area contributed by atoms with Gasteiger partial charge in [0.2, 0.25) is 5.91 Å². The van der Waals surface area contributed by atoms with E-state index < -0.39 is 0 Å². The summed E-state index contributed by atoms with van der Waals surface area (Å²) in [5, 5.41) is 3.04. The summed E-state index contributed by atoms with van der Waals surface area (Å²) in [4.78, 5) is 32.4. The number of hydrogen-bond donors (Lipinski definition) is 1. The molecule has 1 aliphatic heterocycles. The Morgan fingerprint density at radius 1 is 0.909 bits per heavy atom. The first kappa shape index (κ1) is 22.7. The number of carbonyl (C=O) groups is 2. The molecule has 1 fully saturated rings. The second kappa shape index (κ2) is 10.4. The molecule has 5 nitrogen and oxygen atoms in total. The predicted molar refractivity (Wildman–Crippen MR) is 130 cm³/mol. The first-order chi connectivity index (χ1) is 16.0. The Bertz CT molecular complexity index is 1100. The summed E-state index contributed by atoms with van der Waals surface area (Å²) in [6.07, 6.45) is 2.06. The quantitative estimate of drug-likeness (QED) is 0.609.